The maximum atomic E-state index is 12.5. The van der Waals surface area contributed by atoms with E-state index in [0.29, 0.717) is 0 Å². The van der Waals surface area contributed by atoms with Crippen molar-refractivity contribution in [3.63, 3.8) is 0 Å². The van der Waals surface area contributed by atoms with Gasteiger partial charge in [-0.05, 0) is 18.4 Å². The molecule has 52 heavy (non-hydrogen) atoms. The summed E-state index contributed by atoms with van der Waals surface area (Å²) in [7, 11) is 0. The fourth-order valence-electron chi connectivity index (χ4n) is 6.08. The highest BCUT2D eigenvalue weighted by atomic mass is 16.8. The fourth-order valence-corrected chi connectivity index (χ4v) is 6.08. The molecule has 3 rings (SSSR count). The van der Waals surface area contributed by atoms with E-state index in [1.165, 1.54) is 6.92 Å². The van der Waals surface area contributed by atoms with Crippen molar-refractivity contribution in [3.8, 4) is 0 Å². The van der Waals surface area contributed by atoms with Gasteiger partial charge in [0.05, 0.1) is 31.5 Å². The minimum atomic E-state index is -2.88. The predicted octanol–water partition coefficient (Wildman–Crippen LogP) is -6.27. The molecule has 0 aromatic carbocycles. The zero-order valence-electron chi connectivity index (χ0n) is 28.6. The number of hydrogen-bond donors (Lipinski definition) is 10. The van der Waals surface area contributed by atoms with Gasteiger partial charge in [-0.25, -0.2) is 0 Å². The quantitative estimate of drug-likeness (QED) is 0.0286. The Morgan fingerprint density at radius 1 is 0.981 bits per heavy atom. The molecule has 0 saturated carbocycles. The van der Waals surface area contributed by atoms with Crippen LogP contribution in [-0.2, 0) is 42.8 Å². The standard InChI is InChI=1S/C29H49N5O18/c1-4-13(38)19(40)25-17(32-11(2)36)14(39)8-29(52-25,28(45)46)48-10-16-20(41)22(43)23(44)27(50-16)51-24-15(9-35)49-26(47-7-5-6-31-34-30)18(21(24)42)33-12(3)37/h13-27,35,38-44H,4-10H2,1-3H3,(H,32,36)(H,33,37)(H,45,46)/p-1/t13-,14-,15?,16?,17-,18?,19-,20+,21-,22+,23?,24-,25?,26-,27+,29-/m1/s1. The van der Waals surface area contributed by atoms with Gasteiger partial charge in [0.2, 0.25) is 17.6 Å². The average Bonchev–Trinajstić information content (AvgIpc) is 3.09. The van der Waals surface area contributed by atoms with E-state index in [1.807, 2.05) is 0 Å². The van der Waals surface area contributed by atoms with E-state index >= 15 is 0 Å². The number of carbonyl (C=O) groups is 3. The second-order valence-corrected chi connectivity index (χ2v) is 12.6. The van der Waals surface area contributed by atoms with Crippen LogP contribution in [0.1, 0.15) is 40.0 Å². The minimum Gasteiger partial charge on any atom is -0.544 e. The molecule has 2 amide bonds. The Labute approximate surface area is 296 Å². The third-order valence-electron chi connectivity index (χ3n) is 8.81. The number of aliphatic hydroxyl groups is 8. The molecule has 298 valence electrons. The van der Waals surface area contributed by atoms with E-state index in [2.05, 4.69) is 20.7 Å². The van der Waals surface area contributed by atoms with Crippen LogP contribution in [0.15, 0.2) is 5.11 Å². The van der Waals surface area contributed by atoms with Gasteiger partial charge in [-0.2, -0.15) is 0 Å². The van der Waals surface area contributed by atoms with Crippen molar-refractivity contribution in [2.45, 2.75) is 138 Å². The van der Waals surface area contributed by atoms with Gasteiger partial charge in [-0.3, -0.25) is 9.59 Å². The second-order valence-electron chi connectivity index (χ2n) is 12.6. The second kappa shape index (κ2) is 19.5. The molecule has 0 aromatic heterocycles. The molecule has 3 heterocycles. The van der Waals surface area contributed by atoms with E-state index in [9.17, 15) is 60.3 Å². The van der Waals surface area contributed by atoms with Crippen LogP contribution in [0.3, 0.4) is 0 Å². The maximum Gasteiger partial charge on any atom is 0.217 e. The number of amides is 2. The van der Waals surface area contributed by atoms with Crippen LogP contribution in [0.2, 0.25) is 0 Å². The number of carbonyl (C=O) groups excluding carboxylic acids is 3. The summed E-state index contributed by atoms with van der Waals surface area (Å²) in [5.41, 5.74) is 8.44. The molecule has 3 aliphatic heterocycles. The number of aliphatic hydroxyl groups excluding tert-OH is 8. The molecule has 0 bridgehead atoms. The van der Waals surface area contributed by atoms with Gasteiger partial charge in [0, 0.05) is 38.3 Å². The molecule has 16 atom stereocenters. The van der Waals surface area contributed by atoms with Crippen molar-refractivity contribution >= 4 is 17.8 Å². The van der Waals surface area contributed by atoms with Gasteiger partial charge in [-0.1, -0.05) is 12.0 Å². The van der Waals surface area contributed by atoms with Crippen molar-refractivity contribution in [2.75, 3.05) is 26.4 Å². The number of nitrogens with one attached hydrogen (secondary N) is 2. The smallest absolute Gasteiger partial charge is 0.217 e. The number of ether oxygens (including phenoxy) is 6. The maximum absolute atomic E-state index is 12.5. The fraction of sp³-hybridized carbons (Fsp3) is 0.897. The van der Waals surface area contributed by atoms with Gasteiger partial charge >= 0.3 is 0 Å². The highest BCUT2D eigenvalue weighted by Crippen LogP contribution is 2.35. The zero-order chi connectivity index (χ0) is 38.9. The lowest BCUT2D eigenvalue weighted by Gasteiger charge is -2.50. The largest absolute Gasteiger partial charge is 0.544 e. The van der Waals surface area contributed by atoms with Gasteiger partial charge in [0.1, 0.15) is 66.9 Å². The van der Waals surface area contributed by atoms with Gasteiger partial charge in [-0.15, -0.1) is 0 Å². The normalized spacial score (nSPS) is 39.1. The monoisotopic (exact) mass is 754 g/mol. The highest BCUT2D eigenvalue weighted by Gasteiger charge is 2.55. The summed E-state index contributed by atoms with van der Waals surface area (Å²) in [5, 5.41) is 106. The van der Waals surface area contributed by atoms with Crippen LogP contribution in [-0.4, -0.2) is 183 Å². The van der Waals surface area contributed by atoms with E-state index in [0.717, 1.165) is 13.8 Å². The van der Waals surface area contributed by atoms with E-state index < -0.39 is 135 Å². The Balaban J connectivity index is 1.82. The summed E-state index contributed by atoms with van der Waals surface area (Å²) in [6.45, 7) is 1.97. The summed E-state index contributed by atoms with van der Waals surface area (Å²) < 4.78 is 33.8. The van der Waals surface area contributed by atoms with Crippen molar-refractivity contribution in [2.24, 2.45) is 5.11 Å². The first-order chi connectivity index (χ1) is 24.5. The summed E-state index contributed by atoms with van der Waals surface area (Å²) >= 11 is 0. The zero-order valence-corrected chi connectivity index (χ0v) is 28.6. The summed E-state index contributed by atoms with van der Waals surface area (Å²) in [4.78, 5) is 38.9. The van der Waals surface area contributed by atoms with Crippen LogP contribution in [0.5, 0.6) is 0 Å². The molecular weight excluding hydrogens is 706 g/mol. The van der Waals surface area contributed by atoms with Crippen molar-refractivity contribution in [1.82, 2.24) is 10.6 Å². The molecule has 0 spiro atoms. The Morgan fingerprint density at radius 3 is 2.19 bits per heavy atom. The molecule has 5 unspecified atom stereocenters. The lowest BCUT2D eigenvalue weighted by Crippen LogP contribution is -2.70. The summed E-state index contributed by atoms with van der Waals surface area (Å²) in [5.74, 6) is -6.26. The Kier molecular flexibility index (Phi) is 16.3. The Bertz CT molecular complexity index is 1250. The van der Waals surface area contributed by atoms with Crippen LogP contribution in [0.25, 0.3) is 10.4 Å². The van der Waals surface area contributed by atoms with Crippen LogP contribution in [0.4, 0.5) is 0 Å². The third kappa shape index (κ3) is 10.4. The molecule has 0 aliphatic carbocycles. The topological polar surface area (TPSA) is 364 Å². The SMILES string of the molecule is CC[C@@H](O)[C@@H](O)C1O[C@@](OCC2O[C@@H](O[C@@H]3C(CO)O[C@@H](OCCCN=[N+]=[N-])C(NC(C)=O)[C@H]3O)C(O)[C@@H](O)[C@H]2O)(C(=O)[O-])C[C@@H](O)[C@H]1NC(C)=O. The lowest BCUT2D eigenvalue weighted by atomic mass is 9.88. The minimum absolute atomic E-state index is 0.0389. The first kappa shape index (κ1) is 43.6. The number of nitrogens with zero attached hydrogens (tertiary/aromatic N) is 3. The van der Waals surface area contributed by atoms with Gasteiger partial charge in [0.25, 0.3) is 0 Å². The van der Waals surface area contributed by atoms with E-state index in [-0.39, 0.29) is 26.0 Å². The third-order valence-corrected chi connectivity index (χ3v) is 8.81. The molecule has 10 N–H and O–H groups in total. The van der Waals surface area contributed by atoms with Gasteiger partial charge < -0.3 is 89.8 Å². The molecule has 23 nitrogen and oxygen atoms in total. The Morgan fingerprint density at radius 2 is 1.62 bits per heavy atom. The van der Waals surface area contributed by atoms with Crippen LogP contribution < -0.4 is 15.7 Å². The van der Waals surface area contributed by atoms with Crippen molar-refractivity contribution < 1.29 is 88.8 Å². The van der Waals surface area contributed by atoms with Crippen molar-refractivity contribution in [1.29, 1.82) is 0 Å². The number of hydrogen-bond acceptors (Lipinski definition) is 19. The molecule has 3 saturated heterocycles. The van der Waals surface area contributed by atoms with Gasteiger partial charge in [0.15, 0.2) is 12.6 Å². The van der Waals surface area contributed by atoms with Crippen LogP contribution in [0, 0.1) is 0 Å². The molecule has 0 radical (unpaired) electrons. The predicted molar refractivity (Wildman–Crippen MR) is 165 cm³/mol. The average molecular weight is 755 g/mol. The lowest BCUT2D eigenvalue weighted by molar-refractivity contribution is -0.391. The first-order valence-electron chi connectivity index (χ1n) is 16.5. The van der Waals surface area contributed by atoms with Crippen molar-refractivity contribution in [3.05, 3.63) is 10.4 Å². The summed E-state index contributed by atoms with van der Waals surface area (Å²) in [6, 6.07) is -2.74. The first-order valence-corrected chi connectivity index (χ1v) is 16.5. The van der Waals surface area contributed by atoms with Crippen LogP contribution >= 0.6 is 0 Å². The summed E-state index contributed by atoms with van der Waals surface area (Å²) in [6.07, 6.45) is -23.3. The van der Waals surface area contributed by atoms with E-state index in [4.69, 9.17) is 34.0 Å². The number of azide groups is 1. The molecule has 3 fully saturated rings. The Hall–Kier alpha value is -2.84. The number of carboxylic acids is 1. The molecule has 3 aliphatic rings. The molecule has 23 heteroatoms. The van der Waals surface area contributed by atoms with E-state index in [1.54, 1.807) is 0 Å². The number of aliphatic carboxylic acids is 1. The number of carboxylic acid groups (broad SMARTS) is 1. The highest BCUT2D eigenvalue weighted by molar-refractivity contribution is 5.75. The molecular formula is C29H48N5O18-. The number of rotatable bonds is 17. The molecule has 0 aromatic rings.